The number of likely N-dealkylation sites (N-methyl/N-ethyl adjacent to an activating group) is 1. The Bertz CT molecular complexity index is 855. The van der Waals surface area contributed by atoms with Gasteiger partial charge in [-0.15, -0.1) is 0 Å². The molecular weight excluding hydrogens is 605 g/mol. The van der Waals surface area contributed by atoms with E-state index >= 15 is 0 Å². The number of esters is 2. The Labute approximate surface area is 281 Å². The van der Waals surface area contributed by atoms with Crippen molar-refractivity contribution in [2.24, 2.45) is 0 Å². The van der Waals surface area contributed by atoms with Crippen molar-refractivity contribution in [3.8, 4) is 0 Å². The lowest BCUT2D eigenvalue weighted by Crippen LogP contribution is -2.37. The summed E-state index contributed by atoms with van der Waals surface area (Å²) in [6.45, 7) is 4.29. The maximum atomic E-state index is 12.6. The minimum atomic E-state index is -4.36. The smallest absolute Gasteiger partial charge is 0.462 e. The van der Waals surface area contributed by atoms with Gasteiger partial charge in [-0.25, -0.2) is 4.57 Å². The van der Waals surface area contributed by atoms with Crippen LogP contribution in [0.2, 0.25) is 0 Å². The first-order valence-corrected chi connectivity index (χ1v) is 19.6. The van der Waals surface area contributed by atoms with Crippen LogP contribution in [0.15, 0.2) is 24.3 Å². The van der Waals surface area contributed by atoms with Crippen LogP contribution >= 0.6 is 7.82 Å². The first-order chi connectivity index (χ1) is 22.0. The van der Waals surface area contributed by atoms with Crippen LogP contribution in [0.1, 0.15) is 142 Å². The molecule has 0 aromatic carbocycles. The number of quaternary nitrogens is 1. The van der Waals surface area contributed by atoms with E-state index in [0.717, 1.165) is 83.5 Å². The monoisotopic (exact) mass is 674 g/mol. The Morgan fingerprint density at radius 3 is 1.61 bits per heavy atom. The third-order valence-electron chi connectivity index (χ3n) is 7.45. The van der Waals surface area contributed by atoms with Crippen LogP contribution in [0, 0.1) is 0 Å². The fourth-order valence-corrected chi connectivity index (χ4v) is 5.24. The molecule has 0 fully saturated rings. The number of unbranched alkanes of at least 4 members (excludes halogenated alkanes) is 14. The quantitative estimate of drug-likeness (QED) is 0.0247. The Morgan fingerprint density at radius 2 is 1.11 bits per heavy atom. The zero-order chi connectivity index (χ0) is 34.4. The van der Waals surface area contributed by atoms with Gasteiger partial charge in [-0.3, -0.25) is 18.6 Å². The molecule has 270 valence electrons. The number of carbonyl (C=O) groups excluding carboxylic acids is 2. The third kappa shape index (κ3) is 32.4. The molecule has 0 heterocycles. The molecule has 0 aromatic rings. The Balaban J connectivity index is 4.50. The molecule has 1 N–H and O–H groups in total. The van der Waals surface area contributed by atoms with Gasteiger partial charge in [-0.1, -0.05) is 102 Å². The van der Waals surface area contributed by atoms with Crippen LogP contribution in [0.5, 0.6) is 0 Å². The van der Waals surface area contributed by atoms with Gasteiger partial charge in [-0.2, -0.15) is 0 Å². The van der Waals surface area contributed by atoms with Gasteiger partial charge in [0.15, 0.2) is 6.10 Å². The molecule has 10 heteroatoms. The summed E-state index contributed by atoms with van der Waals surface area (Å²) < 4.78 is 34.0. The van der Waals surface area contributed by atoms with Crippen LogP contribution in [0.4, 0.5) is 0 Å². The molecule has 2 atom stereocenters. The Hall–Kier alpha value is -1.51. The molecule has 0 amide bonds. The van der Waals surface area contributed by atoms with Crippen LogP contribution in [-0.2, 0) is 32.7 Å². The van der Waals surface area contributed by atoms with E-state index in [1.165, 1.54) is 25.7 Å². The largest absolute Gasteiger partial charge is 0.472 e. The average molecular weight is 675 g/mol. The average Bonchev–Trinajstić information content (AvgIpc) is 2.99. The molecule has 0 spiro atoms. The van der Waals surface area contributed by atoms with E-state index in [0.29, 0.717) is 17.4 Å². The summed E-state index contributed by atoms with van der Waals surface area (Å²) in [6.07, 6.45) is 28.0. The molecule has 0 saturated heterocycles. The highest BCUT2D eigenvalue weighted by molar-refractivity contribution is 7.47. The highest BCUT2D eigenvalue weighted by atomic mass is 31.2. The summed E-state index contributed by atoms with van der Waals surface area (Å²) in [5.41, 5.74) is 0. The zero-order valence-corrected chi connectivity index (χ0v) is 31.0. The molecule has 0 aliphatic carbocycles. The standard InChI is InChI=1S/C36H68NO8P/c1-6-8-10-12-14-16-18-20-22-24-26-28-35(38)42-32-34(33-44-46(40,41)43-31-30-37(3,4)5)45-36(39)29-27-25-23-21-19-17-15-13-11-9-7-2/h12-15,34H,6-11,16-33H2,1-5H3/p+1/b14-12?,15-13+/t34-/m1/s1. The predicted molar refractivity (Wildman–Crippen MR) is 187 cm³/mol. The normalized spacial score (nSPS) is 14.1. The number of phosphoric acid groups is 1. The molecule has 46 heavy (non-hydrogen) atoms. The third-order valence-corrected chi connectivity index (χ3v) is 8.44. The van der Waals surface area contributed by atoms with E-state index < -0.39 is 26.5 Å². The number of ether oxygens (including phenoxy) is 2. The zero-order valence-electron chi connectivity index (χ0n) is 30.1. The molecule has 0 aliphatic rings. The van der Waals surface area contributed by atoms with Gasteiger partial charge in [0.2, 0.25) is 0 Å². The van der Waals surface area contributed by atoms with Crippen molar-refractivity contribution in [1.29, 1.82) is 0 Å². The van der Waals surface area contributed by atoms with E-state index in [9.17, 15) is 19.0 Å². The fourth-order valence-electron chi connectivity index (χ4n) is 4.50. The number of allylic oxidation sites excluding steroid dienone is 4. The predicted octanol–water partition coefficient (Wildman–Crippen LogP) is 9.24. The summed E-state index contributed by atoms with van der Waals surface area (Å²) in [4.78, 5) is 35.0. The van der Waals surface area contributed by atoms with Crippen molar-refractivity contribution < 1.29 is 42.1 Å². The molecule has 0 aromatic heterocycles. The van der Waals surface area contributed by atoms with Crippen molar-refractivity contribution in [3.63, 3.8) is 0 Å². The second-order valence-electron chi connectivity index (χ2n) is 13.2. The minimum Gasteiger partial charge on any atom is -0.462 e. The summed E-state index contributed by atoms with van der Waals surface area (Å²) in [5.74, 6) is -0.825. The van der Waals surface area contributed by atoms with Gasteiger partial charge in [0.05, 0.1) is 27.7 Å². The van der Waals surface area contributed by atoms with Crippen LogP contribution in [0.3, 0.4) is 0 Å². The summed E-state index contributed by atoms with van der Waals surface area (Å²) in [5, 5.41) is 0. The number of phosphoric ester groups is 1. The van der Waals surface area contributed by atoms with Gasteiger partial charge >= 0.3 is 19.8 Å². The second-order valence-corrected chi connectivity index (χ2v) is 14.7. The molecule has 0 saturated carbocycles. The van der Waals surface area contributed by atoms with Crippen LogP contribution in [0.25, 0.3) is 0 Å². The summed E-state index contributed by atoms with van der Waals surface area (Å²) in [6, 6.07) is 0. The molecule has 0 bridgehead atoms. The highest BCUT2D eigenvalue weighted by Crippen LogP contribution is 2.43. The number of rotatable bonds is 32. The second kappa shape index (κ2) is 29.6. The van der Waals surface area contributed by atoms with E-state index in [-0.39, 0.29) is 32.0 Å². The number of hydrogen-bond donors (Lipinski definition) is 1. The number of hydrogen-bond acceptors (Lipinski definition) is 7. The van der Waals surface area contributed by atoms with E-state index in [2.05, 4.69) is 38.2 Å². The van der Waals surface area contributed by atoms with Crippen LogP contribution < -0.4 is 0 Å². The molecule has 1 unspecified atom stereocenters. The SMILES string of the molecule is CCCCC=CCCCCCCCC(=O)OC[C@H](COP(=O)(O)OCC[N+](C)(C)C)OC(=O)CCCCCCC/C=C/CCCC. The Morgan fingerprint density at radius 1 is 0.652 bits per heavy atom. The lowest BCUT2D eigenvalue weighted by Gasteiger charge is -2.24. The van der Waals surface area contributed by atoms with Crippen molar-refractivity contribution in [2.45, 2.75) is 148 Å². The lowest BCUT2D eigenvalue weighted by atomic mass is 10.1. The first-order valence-electron chi connectivity index (χ1n) is 18.1. The lowest BCUT2D eigenvalue weighted by molar-refractivity contribution is -0.870. The molecular formula is C36H69NO8P+. The van der Waals surface area contributed by atoms with E-state index in [1.807, 2.05) is 21.1 Å². The van der Waals surface area contributed by atoms with Crippen molar-refractivity contribution in [2.75, 3.05) is 47.5 Å². The van der Waals surface area contributed by atoms with Crippen LogP contribution in [-0.4, -0.2) is 74.9 Å². The van der Waals surface area contributed by atoms with Gasteiger partial charge in [0, 0.05) is 12.8 Å². The molecule has 0 aliphatic heterocycles. The van der Waals surface area contributed by atoms with Crippen molar-refractivity contribution >= 4 is 19.8 Å². The topological polar surface area (TPSA) is 108 Å². The number of nitrogens with zero attached hydrogens (tertiary/aromatic N) is 1. The minimum absolute atomic E-state index is 0.0293. The van der Waals surface area contributed by atoms with Gasteiger partial charge in [0.25, 0.3) is 0 Å². The maximum Gasteiger partial charge on any atom is 0.472 e. The number of carbonyl (C=O) groups is 2. The maximum absolute atomic E-state index is 12.6. The van der Waals surface area contributed by atoms with Gasteiger partial charge in [-0.05, 0) is 51.4 Å². The summed E-state index contributed by atoms with van der Waals surface area (Å²) in [7, 11) is 1.46. The van der Waals surface area contributed by atoms with Crippen molar-refractivity contribution in [1.82, 2.24) is 0 Å². The van der Waals surface area contributed by atoms with Gasteiger partial charge < -0.3 is 18.9 Å². The molecule has 0 rings (SSSR count). The van der Waals surface area contributed by atoms with E-state index in [4.69, 9.17) is 18.5 Å². The fraction of sp³-hybridized carbons (Fsp3) is 0.833. The molecule has 9 nitrogen and oxygen atoms in total. The first kappa shape index (κ1) is 44.5. The van der Waals surface area contributed by atoms with Crippen molar-refractivity contribution in [3.05, 3.63) is 24.3 Å². The Kier molecular flexibility index (Phi) is 28.6. The summed E-state index contributed by atoms with van der Waals surface area (Å²) >= 11 is 0. The molecule has 0 radical (unpaired) electrons. The van der Waals surface area contributed by atoms with Gasteiger partial charge in [0.1, 0.15) is 19.8 Å². The van der Waals surface area contributed by atoms with E-state index in [1.54, 1.807) is 0 Å². The highest BCUT2D eigenvalue weighted by Gasteiger charge is 2.27.